The van der Waals surface area contributed by atoms with E-state index in [0.29, 0.717) is 19.4 Å². The molecule has 17 heavy (non-hydrogen) atoms. The summed E-state index contributed by atoms with van der Waals surface area (Å²) >= 11 is 0. The van der Waals surface area contributed by atoms with Gasteiger partial charge in [0.15, 0.2) is 0 Å². The maximum Gasteiger partial charge on any atom is 0.308 e. The quantitative estimate of drug-likeness (QED) is 0.677. The highest BCUT2D eigenvalue weighted by Gasteiger charge is 2.40. The molecule has 0 saturated carbocycles. The fourth-order valence-corrected chi connectivity index (χ4v) is 2.49. The van der Waals surface area contributed by atoms with Crippen LogP contribution >= 0.6 is 0 Å². The molecule has 2 aliphatic rings. The Labute approximate surface area is 99.0 Å². The van der Waals surface area contributed by atoms with E-state index in [1.165, 1.54) is 0 Å². The van der Waals surface area contributed by atoms with Gasteiger partial charge in [-0.15, -0.1) is 0 Å². The van der Waals surface area contributed by atoms with E-state index >= 15 is 0 Å². The molecule has 3 atom stereocenters. The van der Waals surface area contributed by atoms with Crippen molar-refractivity contribution in [2.24, 2.45) is 11.8 Å². The van der Waals surface area contributed by atoms with Crippen LogP contribution in [-0.2, 0) is 14.4 Å². The fourth-order valence-electron chi connectivity index (χ4n) is 2.49. The van der Waals surface area contributed by atoms with E-state index in [2.05, 4.69) is 5.32 Å². The average Bonchev–Trinajstić information content (AvgIpc) is 2.83. The van der Waals surface area contributed by atoms with E-state index in [-0.39, 0.29) is 24.3 Å². The smallest absolute Gasteiger partial charge is 0.308 e. The standard InChI is InChI=1S/C11H16N2O4/c1-6-4-13(5-7(6)11(16)17)10(15)8-2-3-9(14)12-8/h6-8H,2-5H2,1H3,(H,12,14)(H,16,17)/t6?,7?,8-/m0/s1. The first-order valence-electron chi connectivity index (χ1n) is 5.80. The Kier molecular flexibility index (Phi) is 3.04. The second-order valence-electron chi connectivity index (χ2n) is 4.82. The topological polar surface area (TPSA) is 86.7 Å². The Morgan fingerprint density at radius 2 is 2.12 bits per heavy atom. The van der Waals surface area contributed by atoms with Crippen LogP contribution in [0.1, 0.15) is 19.8 Å². The third-order valence-electron chi connectivity index (χ3n) is 3.53. The lowest BCUT2D eigenvalue weighted by Gasteiger charge is -2.20. The third-order valence-corrected chi connectivity index (χ3v) is 3.53. The molecule has 0 aromatic rings. The van der Waals surface area contributed by atoms with Crippen LogP contribution in [0.25, 0.3) is 0 Å². The van der Waals surface area contributed by atoms with Gasteiger partial charge in [-0.05, 0) is 12.3 Å². The molecular formula is C11H16N2O4. The van der Waals surface area contributed by atoms with Crippen LogP contribution in [0.4, 0.5) is 0 Å². The molecule has 2 amide bonds. The van der Waals surface area contributed by atoms with Crippen LogP contribution in [-0.4, -0.2) is 46.9 Å². The Balaban J connectivity index is 1.98. The molecule has 2 heterocycles. The molecule has 0 radical (unpaired) electrons. The van der Waals surface area contributed by atoms with E-state index in [0.717, 1.165) is 0 Å². The van der Waals surface area contributed by atoms with Gasteiger partial charge in [-0.1, -0.05) is 6.92 Å². The summed E-state index contributed by atoms with van der Waals surface area (Å²) in [5.41, 5.74) is 0. The summed E-state index contributed by atoms with van der Waals surface area (Å²) in [6.45, 7) is 2.54. The highest BCUT2D eigenvalue weighted by molar-refractivity contribution is 5.91. The van der Waals surface area contributed by atoms with E-state index in [1.807, 2.05) is 6.92 Å². The summed E-state index contributed by atoms with van der Waals surface area (Å²) in [6.07, 6.45) is 0.891. The van der Waals surface area contributed by atoms with Crippen LogP contribution in [0, 0.1) is 11.8 Å². The van der Waals surface area contributed by atoms with Crippen LogP contribution in [0.3, 0.4) is 0 Å². The molecule has 0 bridgehead atoms. The van der Waals surface area contributed by atoms with Crippen LogP contribution < -0.4 is 5.32 Å². The number of rotatable bonds is 2. The molecule has 2 fully saturated rings. The summed E-state index contributed by atoms with van der Waals surface area (Å²) in [7, 11) is 0. The number of likely N-dealkylation sites (tertiary alicyclic amines) is 1. The number of nitrogens with zero attached hydrogens (tertiary/aromatic N) is 1. The van der Waals surface area contributed by atoms with Crippen molar-refractivity contribution in [1.82, 2.24) is 10.2 Å². The van der Waals surface area contributed by atoms with Gasteiger partial charge in [0, 0.05) is 19.5 Å². The Hall–Kier alpha value is -1.59. The molecule has 0 aromatic carbocycles. The van der Waals surface area contributed by atoms with Crippen molar-refractivity contribution in [1.29, 1.82) is 0 Å². The number of carbonyl (C=O) groups is 3. The van der Waals surface area contributed by atoms with Gasteiger partial charge in [0.25, 0.3) is 0 Å². The predicted molar refractivity (Wildman–Crippen MR) is 58.0 cm³/mol. The number of hydrogen-bond donors (Lipinski definition) is 2. The summed E-state index contributed by atoms with van der Waals surface area (Å²) in [5.74, 6) is -1.63. The Morgan fingerprint density at radius 3 is 2.59 bits per heavy atom. The zero-order chi connectivity index (χ0) is 12.6. The number of nitrogens with one attached hydrogen (secondary N) is 1. The van der Waals surface area contributed by atoms with E-state index in [4.69, 9.17) is 5.11 Å². The Morgan fingerprint density at radius 1 is 1.41 bits per heavy atom. The first-order chi connectivity index (χ1) is 7.99. The van der Waals surface area contributed by atoms with Gasteiger partial charge in [-0.2, -0.15) is 0 Å². The van der Waals surface area contributed by atoms with Crippen LogP contribution in [0.15, 0.2) is 0 Å². The summed E-state index contributed by atoms with van der Waals surface area (Å²) in [6, 6.07) is -0.456. The number of carbonyl (C=O) groups excluding carboxylic acids is 2. The van der Waals surface area contributed by atoms with Crippen molar-refractivity contribution in [3.05, 3.63) is 0 Å². The lowest BCUT2D eigenvalue weighted by atomic mass is 9.99. The van der Waals surface area contributed by atoms with E-state index in [9.17, 15) is 14.4 Å². The number of amides is 2. The molecule has 2 unspecified atom stereocenters. The second kappa shape index (κ2) is 4.35. The van der Waals surface area contributed by atoms with Gasteiger partial charge >= 0.3 is 5.97 Å². The van der Waals surface area contributed by atoms with Crippen molar-refractivity contribution < 1.29 is 19.5 Å². The minimum atomic E-state index is -0.858. The highest BCUT2D eigenvalue weighted by Crippen LogP contribution is 2.24. The molecule has 6 heteroatoms. The van der Waals surface area contributed by atoms with Gasteiger partial charge in [0.1, 0.15) is 6.04 Å². The Bertz CT molecular complexity index is 368. The average molecular weight is 240 g/mol. The van der Waals surface area contributed by atoms with E-state index in [1.54, 1.807) is 4.90 Å². The lowest BCUT2D eigenvalue weighted by molar-refractivity contribution is -0.142. The maximum absolute atomic E-state index is 12.0. The first-order valence-corrected chi connectivity index (χ1v) is 5.80. The minimum Gasteiger partial charge on any atom is -0.481 e. The molecule has 2 saturated heterocycles. The van der Waals surface area contributed by atoms with Crippen molar-refractivity contribution in [2.75, 3.05) is 13.1 Å². The third kappa shape index (κ3) is 2.25. The molecule has 6 nitrogen and oxygen atoms in total. The number of carboxylic acid groups (broad SMARTS) is 1. The first kappa shape index (κ1) is 11.9. The molecule has 2 N–H and O–H groups in total. The predicted octanol–water partition coefficient (Wildman–Crippen LogP) is -0.556. The van der Waals surface area contributed by atoms with Crippen molar-refractivity contribution in [3.63, 3.8) is 0 Å². The minimum absolute atomic E-state index is 0.0337. The monoisotopic (exact) mass is 240 g/mol. The van der Waals surface area contributed by atoms with Gasteiger partial charge in [0.2, 0.25) is 11.8 Å². The normalized spacial score (nSPS) is 32.6. The van der Waals surface area contributed by atoms with Crippen molar-refractivity contribution >= 4 is 17.8 Å². The summed E-state index contributed by atoms with van der Waals surface area (Å²) in [4.78, 5) is 35.6. The molecule has 2 rings (SSSR count). The molecule has 2 aliphatic heterocycles. The maximum atomic E-state index is 12.0. The number of aliphatic carboxylic acids is 1. The molecule has 0 aromatic heterocycles. The lowest BCUT2D eigenvalue weighted by Crippen LogP contribution is -2.43. The molecule has 94 valence electrons. The van der Waals surface area contributed by atoms with Crippen LogP contribution in [0.5, 0.6) is 0 Å². The van der Waals surface area contributed by atoms with Gasteiger partial charge in [0.05, 0.1) is 5.92 Å². The second-order valence-corrected chi connectivity index (χ2v) is 4.82. The zero-order valence-electron chi connectivity index (χ0n) is 9.68. The van der Waals surface area contributed by atoms with Crippen molar-refractivity contribution in [3.8, 4) is 0 Å². The molecule has 0 spiro atoms. The van der Waals surface area contributed by atoms with Gasteiger partial charge in [-0.3, -0.25) is 14.4 Å². The zero-order valence-corrected chi connectivity index (χ0v) is 9.68. The number of hydrogen-bond acceptors (Lipinski definition) is 3. The largest absolute Gasteiger partial charge is 0.481 e. The number of carboxylic acids is 1. The van der Waals surface area contributed by atoms with Crippen LogP contribution in [0.2, 0.25) is 0 Å². The van der Waals surface area contributed by atoms with Gasteiger partial charge in [-0.25, -0.2) is 0 Å². The van der Waals surface area contributed by atoms with Gasteiger partial charge < -0.3 is 15.3 Å². The summed E-state index contributed by atoms with van der Waals surface area (Å²) in [5, 5.41) is 11.6. The summed E-state index contributed by atoms with van der Waals surface area (Å²) < 4.78 is 0. The highest BCUT2D eigenvalue weighted by atomic mass is 16.4. The molecule has 0 aliphatic carbocycles. The van der Waals surface area contributed by atoms with Crippen molar-refractivity contribution in [2.45, 2.75) is 25.8 Å². The van der Waals surface area contributed by atoms with E-state index < -0.39 is 17.9 Å². The molecular weight excluding hydrogens is 224 g/mol. The SMILES string of the molecule is CC1CN(C(=O)[C@@H]2CCC(=O)N2)CC1C(=O)O. The fraction of sp³-hybridized carbons (Fsp3) is 0.727.